The highest BCUT2D eigenvalue weighted by Gasteiger charge is 2.34. The molecule has 29 heavy (non-hydrogen) atoms. The third-order valence-corrected chi connectivity index (χ3v) is 5.53. The fourth-order valence-corrected chi connectivity index (χ4v) is 4.13. The van der Waals surface area contributed by atoms with E-state index in [1.165, 1.54) is 23.9 Å². The average molecular weight is 416 g/mol. The van der Waals surface area contributed by atoms with E-state index in [9.17, 15) is 18.8 Å². The predicted octanol–water partition coefficient (Wildman–Crippen LogP) is 3.89. The number of rotatable bonds is 7. The van der Waals surface area contributed by atoms with Gasteiger partial charge in [0.2, 0.25) is 11.8 Å². The van der Waals surface area contributed by atoms with Crippen LogP contribution in [0, 0.1) is 5.82 Å². The first-order valence-corrected chi connectivity index (χ1v) is 10.3. The minimum Gasteiger partial charge on any atom is -0.466 e. The van der Waals surface area contributed by atoms with Crippen molar-refractivity contribution in [1.82, 2.24) is 0 Å². The number of carbonyl (C=O) groups is 3. The topological polar surface area (TPSA) is 75.7 Å². The summed E-state index contributed by atoms with van der Waals surface area (Å²) < 4.78 is 18.0. The van der Waals surface area contributed by atoms with Gasteiger partial charge in [-0.3, -0.25) is 19.3 Å². The molecular weight excluding hydrogens is 395 g/mol. The SMILES string of the molecule is CCOC(=O)CCC(=O)Nc1ccc([C@@H]2SCC(=O)N2c2ccc(F)cc2)cc1. The highest BCUT2D eigenvalue weighted by molar-refractivity contribution is 8.00. The number of ether oxygens (including phenoxy) is 1. The fraction of sp³-hybridized carbons (Fsp3) is 0.286. The first-order chi connectivity index (χ1) is 14.0. The molecule has 0 saturated carbocycles. The third kappa shape index (κ3) is 5.35. The number of hydrogen-bond donors (Lipinski definition) is 1. The van der Waals surface area contributed by atoms with Crippen LogP contribution in [0.4, 0.5) is 15.8 Å². The fourth-order valence-electron chi connectivity index (χ4n) is 2.95. The molecule has 2 aromatic carbocycles. The lowest BCUT2D eigenvalue weighted by Crippen LogP contribution is -2.27. The number of nitrogens with zero attached hydrogens (tertiary/aromatic N) is 1. The molecule has 1 saturated heterocycles. The van der Waals surface area contributed by atoms with Crippen LogP contribution in [0.15, 0.2) is 48.5 Å². The van der Waals surface area contributed by atoms with Crippen molar-refractivity contribution in [2.75, 3.05) is 22.6 Å². The molecule has 0 aromatic heterocycles. The first kappa shape index (κ1) is 20.9. The predicted molar refractivity (Wildman–Crippen MR) is 110 cm³/mol. The van der Waals surface area contributed by atoms with E-state index in [2.05, 4.69) is 5.32 Å². The molecule has 0 spiro atoms. The number of amides is 2. The minimum atomic E-state index is -0.401. The molecule has 1 aliphatic rings. The van der Waals surface area contributed by atoms with Crippen LogP contribution in [0.2, 0.25) is 0 Å². The van der Waals surface area contributed by atoms with Gasteiger partial charge in [0.25, 0.3) is 0 Å². The lowest BCUT2D eigenvalue weighted by atomic mass is 10.1. The van der Waals surface area contributed by atoms with E-state index in [0.29, 0.717) is 23.7 Å². The van der Waals surface area contributed by atoms with Gasteiger partial charge in [0.05, 0.1) is 18.8 Å². The smallest absolute Gasteiger partial charge is 0.306 e. The summed E-state index contributed by atoms with van der Waals surface area (Å²) in [6, 6.07) is 13.0. The number of benzene rings is 2. The summed E-state index contributed by atoms with van der Waals surface area (Å²) in [5.41, 5.74) is 2.14. The molecule has 6 nitrogen and oxygen atoms in total. The molecule has 2 aromatic rings. The van der Waals surface area contributed by atoms with Crippen LogP contribution < -0.4 is 10.2 Å². The lowest BCUT2D eigenvalue weighted by Gasteiger charge is -2.24. The van der Waals surface area contributed by atoms with Gasteiger partial charge in [0.1, 0.15) is 11.2 Å². The minimum absolute atomic E-state index is 0.0329. The summed E-state index contributed by atoms with van der Waals surface area (Å²) in [6.45, 7) is 2.01. The molecular formula is C21H21FN2O4S. The van der Waals surface area contributed by atoms with Crippen LogP contribution in [-0.2, 0) is 19.1 Å². The number of hydrogen-bond acceptors (Lipinski definition) is 5. The zero-order chi connectivity index (χ0) is 20.8. The Bertz CT molecular complexity index is 887. The quantitative estimate of drug-likeness (QED) is 0.693. The van der Waals surface area contributed by atoms with E-state index in [4.69, 9.17) is 4.74 Å². The maximum absolute atomic E-state index is 13.2. The zero-order valence-corrected chi connectivity index (χ0v) is 16.7. The summed E-state index contributed by atoms with van der Waals surface area (Å²) in [7, 11) is 0. The van der Waals surface area contributed by atoms with Crippen molar-refractivity contribution < 1.29 is 23.5 Å². The molecule has 1 atom stereocenters. The Hall–Kier alpha value is -2.87. The lowest BCUT2D eigenvalue weighted by molar-refractivity contribution is -0.144. The summed E-state index contributed by atoms with van der Waals surface area (Å²) in [6.07, 6.45) is 0.0805. The maximum Gasteiger partial charge on any atom is 0.306 e. The van der Waals surface area contributed by atoms with Crippen LogP contribution in [0.3, 0.4) is 0 Å². The van der Waals surface area contributed by atoms with Crippen molar-refractivity contribution in [3.05, 3.63) is 59.9 Å². The third-order valence-electron chi connectivity index (χ3n) is 4.31. The highest BCUT2D eigenvalue weighted by atomic mass is 32.2. The summed E-state index contributed by atoms with van der Waals surface area (Å²) in [4.78, 5) is 37.3. The van der Waals surface area contributed by atoms with Gasteiger partial charge < -0.3 is 10.1 Å². The van der Waals surface area contributed by atoms with Crippen LogP contribution in [0.1, 0.15) is 30.7 Å². The highest BCUT2D eigenvalue weighted by Crippen LogP contribution is 2.41. The molecule has 0 unspecified atom stereocenters. The molecule has 3 rings (SSSR count). The zero-order valence-electron chi connectivity index (χ0n) is 15.9. The van der Waals surface area contributed by atoms with Gasteiger partial charge in [0.15, 0.2) is 0 Å². The van der Waals surface area contributed by atoms with Gasteiger partial charge >= 0.3 is 5.97 Å². The van der Waals surface area contributed by atoms with Gasteiger partial charge in [-0.1, -0.05) is 12.1 Å². The second-order valence-electron chi connectivity index (χ2n) is 6.38. The van der Waals surface area contributed by atoms with Gasteiger partial charge in [-0.15, -0.1) is 11.8 Å². The molecule has 1 aliphatic heterocycles. The Balaban J connectivity index is 1.64. The first-order valence-electron chi connectivity index (χ1n) is 9.22. The van der Waals surface area contributed by atoms with Crippen molar-refractivity contribution in [2.45, 2.75) is 25.1 Å². The van der Waals surface area contributed by atoms with E-state index in [1.54, 1.807) is 36.1 Å². The molecule has 0 radical (unpaired) electrons. The Kier molecular flexibility index (Phi) is 6.87. The maximum atomic E-state index is 13.2. The molecule has 1 heterocycles. The molecule has 8 heteroatoms. The molecule has 0 aliphatic carbocycles. The summed E-state index contributed by atoms with van der Waals surface area (Å²) >= 11 is 1.49. The Morgan fingerprint density at radius 3 is 2.48 bits per heavy atom. The van der Waals surface area contributed by atoms with Crippen LogP contribution in [0.25, 0.3) is 0 Å². The van der Waals surface area contributed by atoms with Gasteiger partial charge in [-0.25, -0.2) is 4.39 Å². The van der Waals surface area contributed by atoms with Gasteiger partial charge in [-0.2, -0.15) is 0 Å². The normalized spacial score (nSPS) is 16.0. The van der Waals surface area contributed by atoms with E-state index in [-0.39, 0.29) is 35.8 Å². The number of anilines is 2. The van der Waals surface area contributed by atoms with E-state index in [1.807, 2.05) is 12.1 Å². The number of thioether (sulfide) groups is 1. The van der Waals surface area contributed by atoms with Crippen LogP contribution >= 0.6 is 11.8 Å². The van der Waals surface area contributed by atoms with Crippen molar-refractivity contribution in [1.29, 1.82) is 0 Å². The largest absolute Gasteiger partial charge is 0.466 e. The number of esters is 1. The van der Waals surface area contributed by atoms with Crippen molar-refractivity contribution in [3.8, 4) is 0 Å². The van der Waals surface area contributed by atoms with Gasteiger partial charge in [-0.05, 0) is 48.9 Å². The Morgan fingerprint density at radius 2 is 1.83 bits per heavy atom. The second-order valence-corrected chi connectivity index (χ2v) is 7.45. The van der Waals surface area contributed by atoms with E-state index in [0.717, 1.165) is 5.56 Å². The number of nitrogens with one attached hydrogen (secondary N) is 1. The number of carbonyl (C=O) groups excluding carboxylic acids is 3. The molecule has 1 fully saturated rings. The van der Waals surface area contributed by atoms with Crippen LogP contribution in [-0.4, -0.2) is 30.1 Å². The molecule has 2 amide bonds. The molecule has 152 valence electrons. The molecule has 0 bridgehead atoms. The van der Waals surface area contributed by atoms with E-state index < -0.39 is 5.97 Å². The summed E-state index contributed by atoms with van der Waals surface area (Å²) in [5, 5.41) is 2.52. The van der Waals surface area contributed by atoms with E-state index >= 15 is 0 Å². The van der Waals surface area contributed by atoms with Crippen LogP contribution in [0.5, 0.6) is 0 Å². The Labute approximate surface area is 172 Å². The standard InChI is InChI=1S/C21H21FN2O4S/c1-2-28-20(27)12-11-18(25)23-16-7-3-14(4-8-16)21-24(19(26)13-29-21)17-9-5-15(22)6-10-17/h3-10,21H,2,11-13H2,1H3,(H,23,25)/t21-/m0/s1. The van der Waals surface area contributed by atoms with Crippen molar-refractivity contribution >= 4 is 40.9 Å². The summed E-state index contributed by atoms with van der Waals surface area (Å²) in [5.74, 6) is -0.726. The van der Waals surface area contributed by atoms with Crippen molar-refractivity contribution in [3.63, 3.8) is 0 Å². The van der Waals surface area contributed by atoms with Gasteiger partial charge in [0, 0.05) is 17.8 Å². The Morgan fingerprint density at radius 1 is 1.14 bits per heavy atom. The van der Waals surface area contributed by atoms with Crippen molar-refractivity contribution in [2.24, 2.45) is 0 Å². The second kappa shape index (κ2) is 9.56. The molecule has 1 N–H and O–H groups in total. The number of halogens is 1. The monoisotopic (exact) mass is 416 g/mol. The average Bonchev–Trinajstić information content (AvgIpc) is 3.09.